The van der Waals surface area contributed by atoms with E-state index in [-0.39, 0.29) is 29.7 Å². The van der Waals surface area contributed by atoms with Crippen molar-refractivity contribution in [3.05, 3.63) is 45.0 Å². The van der Waals surface area contributed by atoms with E-state index in [1.54, 1.807) is 0 Å². The van der Waals surface area contributed by atoms with Crippen LogP contribution in [0, 0.1) is 10.1 Å². The molecule has 0 spiro atoms. The first-order valence-electron chi connectivity index (χ1n) is 6.73. The fourth-order valence-electron chi connectivity index (χ4n) is 2.44. The van der Waals surface area contributed by atoms with Gasteiger partial charge in [0.15, 0.2) is 0 Å². The van der Waals surface area contributed by atoms with Gasteiger partial charge in [0.2, 0.25) is 0 Å². The molecule has 0 saturated heterocycles. The van der Waals surface area contributed by atoms with Gasteiger partial charge in [0.25, 0.3) is 11.6 Å². The molecule has 2 rings (SSSR count). The van der Waals surface area contributed by atoms with Gasteiger partial charge < -0.3 is 10.4 Å². The van der Waals surface area contributed by atoms with Gasteiger partial charge in [-0.2, -0.15) is 13.2 Å². The number of anilines is 1. The first kappa shape index (κ1) is 17.4. The minimum Gasteiger partial charge on any atom is -0.478 e. The molecular weight excluding hydrogens is 333 g/mol. The maximum absolute atomic E-state index is 12.9. The summed E-state index contributed by atoms with van der Waals surface area (Å²) in [5.74, 6) is -2.08. The molecule has 1 amide bonds. The van der Waals surface area contributed by atoms with Crippen LogP contribution in [0.3, 0.4) is 0 Å². The average Bonchev–Trinajstić information content (AvgIpc) is 2.95. The molecule has 1 aromatic rings. The van der Waals surface area contributed by atoms with Gasteiger partial charge in [-0.3, -0.25) is 14.9 Å². The first-order valence-corrected chi connectivity index (χ1v) is 6.73. The largest absolute Gasteiger partial charge is 0.478 e. The lowest BCUT2D eigenvalue weighted by molar-refractivity contribution is -0.388. The maximum atomic E-state index is 12.9. The second-order valence-corrected chi connectivity index (χ2v) is 5.06. The molecule has 0 saturated carbocycles. The summed E-state index contributed by atoms with van der Waals surface area (Å²) < 4.78 is 38.7. The molecule has 1 aromatic carbocycles. The fourth-order valence-corrected chi connectivity index (χ4v) is 2.44. The molecule has 10 heteroatoms. The molecule has 0 atom stereocenters. The van der Waals surface area contributed by atoms with Crippen molar-refractivity contribution in [1.29, 1.82) is 0 Å². The number of carboxylic acids is 1. The van der Waals surface area contributed by atoms with E-state index in [9.17, 15) is 32.9 Å². The number of hydrogen-bond acceptors (Lipinski definition) is 4. The van der Waals surface area contributed by atoms with Crippen LogP contribution in [-0.2, 0) is 15.8 Å². The third kappa shape index (κ3) is 3.53. The summed E-state index contributed by atoms with van der Waals surface area (Å²) in [6.45, 7) is 0. The van der Waals surface area contributed by atoms with E-state index >= 15 is 0 Å². The Hall–Kier alpha value is -2.91. The van der Waals surface area contributed by atoms with Crippen molar-refractivity contribution < 1.29 is 32.8 Å². The lowest BCUT2D eigenvalue weighted by Gasteiger charge is -2.11. The second-order valence-electron chi connectivity index (χ2n) is 5.06. The van der Waals surface area contributed by atoms with E-state index < -0.39 is 34.2 Å². The number of nitro benzene ring substituents is 1. The number of carboxylic acid groups (broad SMARTS) is 1. The molecule has 1 aliphatic carbocycles. The second kappa shape index (κ2) is 6.30. The van der Waals surface area contributed by atoms with Gasteiger partial charge in [0.1, 0.15) is 5.56 Å². The SMILES string of the molecule is O=C(O)C1=C(C(=O)Nc2ccc([N+](=O)[O-])c(C(F)(F)F)c2)CCC1. The molecule has 128 valence electrons. The topological polar surface area (TPSA) is 110 Å². The molecule has 0 radical (unpaired) electrons. The van der Waals surface area contributed by atoms with Gasteiger partial charge in [0, 0.05) is 22.9 Å². The highest BCUT2D eigenvalue weighted by atomic mass is 19.4. The van der Waals surface area contributed by atoms with Crippen molar-refractivity contribution in [2.45, 2.75) is 25.4 Å². The number of nitro groups is 1. The van der Waals surface area contributed by atoms with Gasteiger partial charge in [-0.25, -0.2) is 4.79 Å². The van der Waals surface area contributed by atoms with Crippen molar-refractivity contribution in [1.82, 2.24) is 0 Å². The summed E-state index contributed by atoms with van der Waals surface area (Å²) in [5.41, 5.74) is -3.02. The third-order valence-corrected chi connectivity index (χ3v) is 3.51. The molecule has 7 nitrogen and oxygen atoms in total. The van der Waals surface area contributed by atoms with Gasteiger partial charge >= 0.3 is 12.1 Å². The molecule has 1 aliphatic rings. The number of rotatable bonds is 4. The minimum atomic E-state index is -4.97. The Morgan fingerprint density at radius 1 is 1.21 bits per heavy atom. The Morgan fingerprint density at radius 3 is 2.38 bits per heavy atom. The molecule has 0 unspecified atom stereocenters. The van der Waals surface area contributed by atoms with Crippen LogP contribution in [0.5, 0.6) is 0 Å². The Labute approximate surface area is 132 Å². The molecule has 0 bridgehead atoms. The summed E-state index contributed by atoms with van der Waals surface area (Å²) in [6.07, 6.45) is -4.11. The van der Waals surface area contributed by atoms with Crippen LogP contribution in [0.4, 0.5) is 24.5 Å². The predicted octanol–water partition coefficient (Wildman–Crippen LogP) is 3.12. The Kier molecular flexibility index (Phi) is 4.58. The maximum Gasteiger partial charge on any atom is 0.423 e. The molecular formula is C14H11F3N2O5. The molecule has 0 heterocycles. The number of nitrogens with one attached hydrogen (secondary N) is 1. The Balaban J connectivity index is 2.34. The number of nitrogens with zero attached hydrogens (tertiary/aromatic N) is 1. The van der Waals surface area contributed by atoms with Crippen molar-refractivity contribution in [2.24, 2.45) is 0 Å². The number of halogens is 3. The fraction of sp³-hybridized carbons (Fsp3) is 0.286. The highest BCUT2D eigenvalue weighted by Gasteiger charge is 2.38. The molecule has 0 fully saturated rings. The smallest absolute Gasteiger partial charge is 0.423 e. The van der Waals surface area contributed by atoms with Crippen LogP contribution < -0.4 is 5.32 Å². The summed E-state index contributed by atoms with van der Waals surface area (Å²) in [4.78, 5) is 32.6. The van der Waals surface area contributed by atoms with Crippen LogP contribution in [0.1, 0.15) is 24.8 Å². The van der Waals surface area contributed by atoms with Crippen LogP contribution >= 0.6 is 0 Å². The van der Waals surface area contributed by atoms with Crippen molar-refractivity contribution in [3.63, 3.8) is 0 Å². The van der Waals surface area contributed by atoms with E-state index in [0.717, 1.165) is 6.07 Å². The number of alkyl halides is 3. The minimum absolute atomic E-state index is 0.00517. The molecule has 2 N–H and O–H groups in total. The highest BCUT2D eigenvalue weighted by Crippen LogP contribution is 2.37. The molecule has 24 heavy (non-hydrogen) atoms. The summed E-state index contributed by atoms with van der Waals surface area (Å²) in [7, 11) is 0. The number of carbonyl (C=O) groups is 2. The highest BCUT2D eigenvalue weighted by molar-refractivity contribution is 6.09. The quantitative estimate of drug-likeness (QED) is 0.644. The van der Waals surface area contributed by atoms with E-state index in [1.165, 1.54) is 0 Å². The van der Waals surface area contributed by atoms with Crippen molar-refractivity contribution in [2.75, 3.05) is 5.32 Å². The Bertz CT molecular complexity index is 755. The number of carbonyl (C=O) groups excluding carboxylic acids is 1. The lowest BCUT2D eigenvalue weighted by atomic mass is 10.1. The van der Waals surface area contributed by atoms with E-state index in [0.29, 0.717) is 18.6 Å². The molecule has 0 aliphatic heterocycles. The van der Waals surface area contributed by atoms with Crippen LogP contribution in [0.25, 0.3) is 0 Å². The summed E-state index contributed by atoms with van der Waals surface area (Å²) in [6, 6.07) is 2.05. The van der Waals surface area contributed by atoms with Gasteiger partial charge in [-0.1, -0.05) is 0 Å². The third-order valence-electron chi connectivity index (χ3n) is 3.51. The van der Waals surface area contributed by atoms with Crippen LogP contribution in [0.15, 0.2) is 29.3 Å². The van der Waals surface area contributed by atoms with Gasteiger partial charge in [-0.15, -0.1) is 0 Å². The van der Waals surface area contributed by atoms with Crippen molar-refractivity contribution >= 4 is 23.3 Å². The zero-order valence-corrected chi connectivity index (χ0v) is 12.0. The van der Waals surface area contributed by atoms with Crippen molar-refractivity contribution in [3.8, 4) is 0 Å². The summed E-state index contributed by atoms with van der Waals surface area (Å²) in [5, 5.41) is 21.8. The number of hydrogen-bond donors (Lipinski definition) is 2. The predicted molar refractivity (Wildman–Crippen MR) is 75.2 cm³/mol. The average molecular weight is 344 g/mol. The van der Waals surface area contributed by atoms with Gasteiger partial charge in [-0.05, 0) is 31.4 Å². The van der Waals surface area contributed by atoms with Crippen LogP contribution in [0.2, 0.25) is 0 Å². The molecule has 0 aromatic heterocycles. The number of amides is 1. The summed E-state index contributed by atoms with van der Waals surface area (Å²) >= 11 is 0. The first-order chi connectivity index (χ1) is 11.1. The normalized spacial score (nSPS) is 14.6. The van der Waals surface area contributed by atoms with E-state index in [1.807, 2.05) is 0 Å². The Morgan fingerprint density at radius 2 is 1.83 bits per heavy atom. The lowest BCUT2D eigenvalue weighted by Crippen LogP contribution is -2.17. The van der Waals surface area contributed by atoms with Gasteiger partial charge in [0.05, 0.1) is 4.92 Å². The monoisotopic (exact) mass is 344 g/mol. The number of aliphatic carboxylic acids is 1. The van der Waals surface area contributed by atoms with Crippen LogP contribution in [-0.4, -0.2) is 21.9 Å². The zero-order chi connectivity index (χ0) is 18.1. The zero-order valence-electron chi connectivity index (χ0n) is 12.0. The number of benzene rings is 1. The van der Waals surface area contributed by atoms with E-state index in [4.69, 9.17) is 5.11 Å². The van der Waals surface area contributed by atoms with E-state index in [2.05, 4.69) is 5.32 Å². The standard InChI is InChI=1S/C14H11F3N2O5/c15-14(16,17)10-6-7(4-5-11(10)19(23)24)18-12(20)8-2-1-3-9(8)13(21)22/h4-6H,1-3H2,(H,18,20)(H,21,22).